The Hall–Kier alpha value is -2.16. The lowest BCUT2D eigenvalue weighted by Gasteiger charge is -2.25. The fraction of sp³-hybridized carbons (Fsp3) is 0.421. The summed E-state index contributed by atoms with van der Waals surface area (Å²) in [7, 11) is 0. The van der Waals surface area contributed by atoms with Gasteiger partial charge in [-0.25, -0.2) is 9.78 Å². The maximum absolute atomic E-state index is 12.6. The van der Waals surface area contributed by atoms with Crippen LogP contribution in [0.2, 0.25) is 5.02 Å². The number of aromatic nitrogens is 1. The molecule has 9 heteroatoms. The van der Waals surface area contributed by atoms with Gasteiger partial charge in [-0.15, -0.1) is 11.3 Å². The minimum Gasteiger partial charge on any atom is -0.378 e. The van der Waals surface area contributed by atoms with Gasteiger partial charge in [-0.3, -0.25) is 4.79 Å². The fourth-order valence-electron chi connectivity index (χ4n) is 3.33. The van der Waals surface area contributed by atoms with Crippen molar-refractivity contribution < 1.29 is 14.3 Å². The molecule has 1 fully saturated rings. The normalized spacial score (nSPS) is 17.0. The maximum atomic E-state index is 12.6. The van der Waals surface area contributed by atoms with Gasteiger partial charge in [-0.2, -0.15) is 0 Å². The summed E-state index contributed by atoms with van der Waals surface area (Å²) in [6.07, 6.45) is 1.34. The lowest BCUT2D eigenvalue weighted by atomic mass is 10.2. The van der Waals surface area contributed by atoms with Gasteiger partial charge in [0.1, 0.15) is 0 Å². The van der Waals surface area contributed by atoms with Gasteiger partial charge in [-0.1, -0.05) is 17.7 Å². The van der Waals surface area contributed by atoms with Crippen molar-refractivity contribution in [2.24, 2.45) is 0 Å². The van der Waals surface area contributed by atoms with Crippen LogP contribution in [0.4, 0.5) is 10.5 Å². The number of ether oxygens (including phenoxy) is 1. The molecule has 4 rings (SSSR count). The Balaban J connectivity index is 1.38. The zero-order chi connectivity index (χ0) is 19.5. The Bertz CT molecular complexity index is 856. The molecule has 2 aromatic rings. The Labute approximate surface area is 172 Å². The highest BCUT2D eigenvalue weighted by Gasteiger charge is 2.26. The summed E-state index contributed by atoms with van der Waals surface area (Å²) in [6, 6.07) is 6.95. The molecule has 2 aliphatic rings. The number of carbonyl (C=O) groups excluding carboxylic acids is 2. The molecule has 3 amide bonds. The first-order chi connectivity index (χ1) is 13.6. The second-order valence-corrected chi connectivity index (χ2v) is 8.24. The molecule has 28 heavy (non-hydrogen) atoms. The van der Waals surface area contributed by atoms with E-state index in [2.05, 4.69) is 10.3 Å². The van der Waals surface area contributed by atoms with E-state index in [9.17, 15) is 9.59 Å². The van der Waals surface area contributed by atoms with Gasteiger partial charge in [0.2, 0.25) is 0 Å². The van der Waals surface area contributed by atoms with Gasteiger partial charge < -0.3 is 19.9 Å². The number of morpholine rings is 1. The van der Waals surface area contributed by atoms with Crippen molar-refractivity contribution in [1.29, 1.82) is 0 Å². The molecule has 0 unspecified atom stereocenters. The lowest BCUT2D eigenvalue weighted by Crippen LogP contribution is -2.40. The van der Waals surface area contributed by atoms with Crippen LogP contribution in [0.15, 0.2) is 24.3 Å². The SMILES string of the molecule is O=C(Nc1cccc(Cl)c1)N1CCc2nc(C(=O)N3CCOCC3)sc2CC1. The Morgan fingerprint density at radius 2 is 1.89 bits per heavy atom. The Kier molecular flexibility index (Phi) is 5.79. The van der Waals surface area contributed by atoms with Crippen LogP contribution in [0.5, 0.6) is 0 Å². The van der Waals surface area contributed by atoms with Crippen LogP contribution in [0.1, 0.15) is 20.4 Å². The van der Waals surface area contributed by atoms with Crippen molar-refractivity contribution >= 4 is 40.6 Å². The highest BCUT2D eigenvalue weighted by atomic mass is 35.5. The third kappa shape index (κ3) is 4.29. The summed E-state index contributed by atoms with van der Waals surface area (Å²) in [5, 5.41) is 4.01. The minimum atomic E-state index is -0.151. The average molecular weight is 421 g/mol. The molecule has 3 heterocycles. The van der Waals surface area contributed by atoms with Crippen molar-refractivity contribution in [3.63, 3.8) is 0 Å². The molecule has 148 valence electrons. The topological polar surface area (TPSA) is 74.8 Å². The zero-order valence-corrected chi connectivity index (χ0v) is 16.9. The van der Waals surface area contributed by atoms with E-state index in [0.717, 1.165) is 10.6 Å². The first kappa shape index (κ1) is 19.2. The number of nitrogens with zero attached hydrogens (tertiary/aromatic N) is 3. The number of urea groups is 1. The molecular formula is C19H21ClN4O3S. The van der Waals surface area contributed by atoms with Crippen LogP contribution < -0.4 is 5.32 Å². The number of fused-ring (bicyclic) bond motifs is 1. The molecule has 1 saturated heterocycles. The van der Waals surface area contributed by atoms with E-state index in [0.29, 0.717) is 68.0 Å². The molecule has 1 aromatic carbocycles. The Morgan fingerprint density at radius 1 is 1.11 bits per heavy atom. The van der Waals surface area contributed by atoms with Gasteiger partial charge >= 0.3 is 6.03 Å². The van der Waals surface area contributed by atoms with E-state index in [1.165, 1.54) is 11.3 Å². The Morgan fingerprint density at radius 3 is 2.68 bits per heavy atom. The monoisotopic (exact) mass is 420 g/mol. The smallest absolute Gasteiger partial charge is 0.321 e. The standard InChI is InChI=1S/C19H21ClN4O3S/c20-13-2-1-3-14(12-13)21-19(26)24-6-4-15-16(5-7-24)28-17(22-15)18(25)23-8-10-27-11-9-23/h1-3,12H,4-11H2,(H,21,26). The number of halogens is 1. The van der Waals surface area contributed by atoms with Crippen LogP contribution in [0.25, 0.3) is 0 Å². The van der Waals surface area contributed by atoms with E-state index in [4.69, 9.17) is 16.3 Å². The molecule has 1 aromatic heterocycles. The van der Waals surface area contributed by atoms with Crippen LogP contribution >= 0.6 is 22.9 Å². The molecule has 1 N–H and O–H groups in total. The number of carbonyl (C=O) groups is 2. The quantitative estimate of drug-likeness (QED) is 0.810. The summed E-state index contributed by atoms with van der Waals surface area (Å²) < 4.78 is 5.31. The lowest BCUT2D eigenvalue weighted by molar-refractivity contribution is 0.0302. The van der Waals surface area contributed by atoms with Gasteiger partial charge in [0.05, 0.1) is 18.9 Å². The second-order valence-electron chi connectivity index (χ2n) is 6.72. The van der Waals surface area contributed by atoms with E-state index in [-0.39, 0.29) is 11.9 Å². The van der Waals surface area contributed by atoms with E-state index >= 15 is 0 Å². The van der Waals surface area contributed by atoms with Crippen molar-refractivity contribution in [1.82, 2.24) is 14.8 Å². The molecule has 0 saturated carbocycles. The van der Waals surface area contributed by atoms with Crippen LogP contribution in [-0.4, -0.2) is 66.1 Å². The first-order valence-corrected chi connectivity index (χ1v) is 10.5. The van der Waals surface area contributed by atoms with Gasteiger partial charge in [0.15, 0.2) is 5.01 Å². The molecule has 0 spiro atoms. The first-order valence-electron chi connectivity index (χ1n) is 9.27. The van der Waals surface area contributed by atoms with Crippen LogP contribution in [-0.2, 0) is 17.6 Å². The summed E-state index contributed by atoms with van der Waals surface area (Å²) in [5.74, 6) is -0.0167. The highest BCUT2D eigenvalue weighted by Crippen LogP contribution is 2.25. The van der Waals surface area contributed by atoms with Gasteiger partial charge in [-0.05, 0) is 18.2 Å². The molecule has 7 nitrogen and oxygen atoms in total. The summed E-state index contributed by atoms with van der Waals surface area (Å²) in [5.41, 5.74) is 1.60. The fourth-order valence-corrected chi connectivity index (χ4v) is 4.58. The van der Waals surface area contributed by atoms with E-state index in [1.54, 1.807) is 28.0 Å². The van der Waals surface area contributed by atoms with Gasteiger partial charge in [0.25, 0.3) is 5.91 Å². The summed E-state index contributed by atoms with van der Waals surface area (Å²) in [6.45, 7) is 3.53. The third-order valence-corrected chi connectivity index (χ3v) is 6.23. The largest absolute Gasteiger partial charge is 0.378 e. The molecule has 0 atom stereocenters. The van der Waals surface area contributed by atoms with E-state index in [1.807, 2.05) is 6.07 Å². The number of rotatable bonds is 2. The van der Waals surface area contributed by atoms with Crippen LogP contribution in [0.3, 0.4) is 0 Å². The van der Waals surface area contributed by atoms with Crippen LogP contribution in [0, 0.1) is 0 Å². The molecule has 2 aliphatic heterocycles. The number of benzene rings is 1. The summed E-state index contributed by atoms with van der Waals surface area (Å²) >= 11 is 7.42. The molecule has 0 bridgehead atoms. The van der Waals surface area contributed by atoms with Crippen molar-refractivity contribution in [3.05, 3.63) is 44.9 Å². The minimum absolute atomic E-state index is 0.0167. The number of thiazole rings is 1. The van der Waals surface area contributed by atoms with Crippen molar-refractivity contribution in [2.75, 3.05) is 44.7 Å². The zero-order valence-electron chi connectivity index (χ0n) is 15.3. The summed E-state index contributed by atoms with van der Waals surface area (Å²) in [4.78, 5) is 34.5. The number of hydrogen-bond donors (Lipinski definition) is 1. The van der Waals surface area contributed by atoms with Crippen molar-refractivity contribution in [2.45, 2.75) is 12.8 Å². The molecule has 0 radical (unpaired) electrons. The second kappa shape index (κ2) is 8.46. The highest BCUT2D eigenvalue weighted by molar-refractivity contribution is 7.13. The number of hydrogen-bond acceptors (Lipinski definition) is 5. The predicted molar refractivity (Wildman–Crippen MR) is 108 cm³/mol. The van der Waals surface area contributed by atoms with E-state index < -0.39 is 0 Å². The predicted octanol–water partition coefficient (Wildman–Crippen LogP) is 2.90. The number of nitrogens with one attached hydrogen (secondary N) is 1. The van der Waals surface area contributed by atoms with Gasteiger partial charge in [0, 0.05) is 54.6 Å². The number of anilines is 1. The molecule has 0 aliphatic carbocycles. The van der Waals surface area contributed by atoms with Crippen molar-refractivity contribution in [3.8, 4) is 0 Å². The molecular weight excluding hydrogens is 400 g/mol. The number of amides is 3. The third-order valence-electron chi connectivity index (χ3n) is 4.85. The average Bonchev–Trinajstić information content (AvgIpc) is 3.01. The maximum Gasteiger partial charge on any atom is 0.321 e.